The lowest BCUT2D eigenvalue weighted by atomic mass is 10.0. The van der Waals surface area contributed by atoms with E-state index in [9.17, 15) is 9.18 Å². The summed E-state index contributed by atoms with van der Waals surface area (Å²) in [5.74, 6) is 5.66. The summed E-state index contributed by atoms with van der Waals surface area (Å²) in [5.41, 5.74) is 4.54. The van der Waals surface area contributed by atoms with Crippen LogP contribution in [0.5, 0.6) is 0 Å². The van der Waals surface area contributed by atoms with Gasteiger partial charge in [0.05, 0.1) is 29.1 Å². The summed E-state index contributed by atoms with van der Waals surface area (Å²) in [6, 6.07) is 11.7. The molecule has 0 radical (unpaired) electrons. The van der Waals surface area contributed by atoms with E-state index in [-0.39, 0.29) is 23.1 Å². The first-order valence-corrected chi connectivity index (χ1v) is 10.8. The van der Waals surface area contributed by atoms with E-state index in [4.69, 9.17) is 16.3 Å². The fourth-order valence-electron chi connectivity index (χ4n) is 3.52. The zero-order chi connectivity index (χ0) is 22.8. The van der Waals surface area contributed by atoms with Crippen LogP contribution in [0.3, 0.4) is 0 Å². The van der Waals surface area contributed by atoms with Crippen molar-refractivity contribution in [1.29, 1.82) is 0 Å². The van der Waals surface area contributed by atoms with Crippen molar-refractivity contribution in [3.05, 3.63) is 81.4 Å². The highest BCUT2D eigenvalue weighted by Crippen LogP contribution is 2.28. The first kappa shape index (κ1) is 22.1. The van der Waals surface area contributed by atoms with Crippen LogP contribution in [0.1, 0.15) is 53.6 Å². The van der Waals surface area contributed by atoms with Gasteiger partial charge in [0.1, 0.15) is 11.5 Å². The Balaban J connectivity index is 1.66. The minimum Gasteiger partial charge on any atom is -0.373 e. The van der Waals surface area contributed by atoms with Gasteiger partial charge in [0.2, 0.25) is 0 Å². The van der Waals surface area contributed by atoms with Crippen LogP contribution in [-0.4, -0.2) is 27.8 Å². The Morgan fingerprint density at radius 1 is 1.25 bits per heavy atom. The molecule has 3 aromatic rings. The molecule has 4 rings (SSSR count). The molecular weight excluding hydrogens is 429 g/mol. The molecule has 1 aromatic heterocycles. The van der Waals surface area contributed by atoms with E-state index in [0.29, 0.717) is 30.0 Å². The average molecular weight is 452 g/mol. The van der Waals surface area contributed by atoms with Crippen LogP contribution in [0.4, 0.5) is 4.39 Å². The number of nitrogens with zero attached hydrogens (tertiary/aromatic N) is 2. The molecule has 7 heteroatoms. The summed E-state index contributed by atoms with van der Waals surface area (Å²) in [5, 5.41) is 7.59. The van der Waals surface area contributed by atoms with E-state index in [1.165, 1.54) is 6.07 Å². The van der Waals surface area contributed by atoms with Crippen molar-refractivity contribution in [2.75, 3.05) is 0 Å². The number of carbonyl (C=O) groups excluding carboxylic acids is 1. The number of benzene rings is 2. The lowest BCUT2D eigenvalue weighted by Crippen LogP contribution is -2.29. The minimum atomic E-state index is -0.473. The van der Waals surface area contributed by atoms with E-state index in [1.807, 2.05) is 32.9 Å². The van der Waals surface area contributed by atoms with Crippen molar-refractivity contribution in [2.24, 2.45) is 0 Å². The van der Waals surface area contributed by atoms with Crippen molar-refractivity contribution in [1.82, 2.24) is 15.1 Å². The number of amides is 1. The highest BCUT2D eigenvalue weighted by molar-refractivity contribution is 6.30. The monoisotopic (exact) mass is 451 g/mol. The van der Waals surface area contributed by atoms with E-state index in [1.54, 1.807) is 28.9 Å². The van der Waals surface area contributed by atoms with Gasteiger partial charge < -0.3 is 10.1 Å². The fourth-order valence-corrected chi connectivity index (χ4v) is 3.69. The molecule has 164 valence electrons. The molecular formula is C25H23ClFN3O2. The molecule has 0 aliphatic carbocycles. The van der Waals surface area contributed by atoms with Gasteiger partial charge in [0.15, 0.2) is 0 Å². The maximum Gasteiger partial charge on any atom is 0.251 e. The average Bonchev–Trinajstić information content (AvgIpc) is 3.11. The van der Waals surface area contributed by atoms with E-state index >= 15 is 0 Å². The molecule has 2 heterocycles. The molecule has 0 fully saturated rings. The Hall–Kier alpha value is -3.14. The smallest absolute Gasteiger partial charge is 0.251 e. The zero-order valence-electron chi connectivity index (χ0n) is 18.1. The van der Waals surface area contributed by atoms with Gasteiger partial charge in [0.25, 0.3) is 5.91 Å². The molecule has 0 saturated heterocycles. The van der Waals surface area contributed by atoms with Crippen molar-refractivity contribution >= 4 is 17.5 Å². The summed E-state index contributed by atoms with van der Waals surface area (Å²) >= 11 is 5.99. The zero-order valence-corrected chi connectivity index (χ0v) is 18.8. The standard InChI is InChI=1S/C25H23ClFN3O2/c1-15(2)28-25(31)18-7-4-17(5-8-18)6-11-23-20-14-32-16(3)12-24(20)30(29-23)19-9-10-22(27)21(26)13-19/h4-5,7-10,13,15-16H,12,14H2,1-3H3,(H,28,31)/t16-/m0/s1. The second kappa shape index (κ2) is 9.15. The third-order valence-electron chi connectivity index (χ3n) is 5.12. The Kier molecular flexibility index (Phi) is 6.31. The summed E-state index contributed by atoms with van der Waals surface area (Å²) in [6.07, 6.45) is 0.706. The van der Waals surface area contributed by atoms with Gasteiger partial charge in [-0.3, -0.25) is 4.79 Å². The predicted molar refractivity (Wildman–Crippen MR) is 122 cm³/mol. The lowest BCUT2D eigenvalue weighted by molar-refractivity contribution is 0.0397. The van der Waals surface area contributed by atoms with E-state index in [0.717, 1.165) is 16.8 Å². The van der Waals surface area contributed by atoms with Crippen LogP contribution >= 0.6 is 11.6 Å². The first-order chi connectivity index (χ1) is 15.3. The molecule has 0 saturated carbocycles. The van der Waals surface area contributed by atoms with Gasteiger partial charge in [-0.05, 0) is 69.2 Å². The maximum atomic E-state index is 13.6. The second-order valence-electron chi connectivity index (χ2n) is 8.07. The Labute approximate surface area is 191 Å². The number of aromatic nitrogens is 2. The van der Waals surface area contributed by atoms with Crippen molar-refractivity contribution < 1.29 is 13.9 Å². The van der Waals surface area contributed by atoms with Gasteiger partial charge >= 0.3 is 0 Å². The van der Waals surface area contributed by atoms with Crippen molar-refractivity contribution in [3.63, 3.8) is 0 Å². The van der Waals surface area contributed by atoms with Crippen LogP contribution in [0.15, 0.2) is 42.5 Å². The normalized spacial score (nSPS) is 15.1. The van der Waals surface area contributed by atoms with Gasteiger partial charge in [0, 0.05) is 29.2 Å². The van der Waals surface area contributed by atoms with Gasteiger partial charge in [-0.25, -0.2) is 9.07 Å². The number of halogens is 2. The van der Waals surface area contributed by atoms with Gasteiger partial charge in [-0.1, -0.05) is 17.5 Å². The third-order valence-corrected chi connectivity index (χ3v) is 5.41. The number of carbonyl (C=O) groups is 1. The largest absolute Gasteiger partial charge is 0.373 e. The molecule has 5 nitrogen and oxygen atoms in total. The molecule has 1 aliphatic rings. The summed E-state index contributed by atoms with van der Waals surface area (Å²) in [4.78, 5) is 12.1. The summed E-state index contributed by atoms with van der Waals surface area (Å²) in [6.45, 7) is 6.24. The van der Waals surface area contributed by atoms with Crippen LogP contribution in [0, 0.1) is 17.7 Å². The topological polar surface area (TPSA) is 56.2 Å². The Bertz CT molecular complexity index is 1220. The fraction of sp³-hybridized carbons (Fsp3) is 0.280. The van der Waals surface area contributed by atoms with Crippen molar-refractivity contribution in [3.8, 4) is 17.5 Å². The Morgan fingerprint density at radius 3 is 2.69 bits per heavy atom. The Morgan fingerprint density at radius 2 is 2.00 bits per heavy atom. The van der Waals surface area contributed by atoms with E-state index < -0.39 is 5.82 Å². The second-order valence-corrected chi connectivity index (χ2v) is 8.47. The predicted octanol–water partition coefficient (Wildman–Crippen LogP) is 4.66. The van der Waals surface area contributed by atoms with E-state index in [2.05, 4.69) is 22.3 Å². The van der Waals surface area contributed by atoms with Crippen LogP contribution in [0.25, 0.3) is 5.69 Å². The lowest BCUT2D eigenvalue weighted by Gasteiger charge is -2.20. The number of ether oxygens (including phenoxy) is 1. The van der Waals surface area contributed by atoms with Gasteiger partial charge in [-0.15, -0.1) is 0 Å². The molecule has 0 unspecified atom stereocenters. The number of hydrogen-bond donors (Lipinski definition) is 1. The van der Waals surface area contributed by atoms with Gasteiger partial charge in [-0.2, -0.15) is 5.10 Å². The molecule has 32 heavy (non-hydrogen) atoms. The third kappa shape index (κ3) is 4.69. The molecule has 1 amide bonds. The molecule has 1 N–H and O–H groups in total. The van der Waals surface area contributed by atoms with Crippen LogP contribution in [0.2, 0.25) is 5.02 Å². The van der Waals surface area contributed by atoms with Crippen LogP contribution < -0.4 is 5.32 Å². The molecule has 0 spiro atoms. The summed E-state index contributed by atoms with van der Waals surface area (Å²) in [7, 11) is 0. The molecule has 1 atom stereocenters. The summed E-state index contributed by atoms with van der Waals surface area (Å²) < 4.78 is 21.2. The number of hydrogen-bond acceptors (Lipinski definition) is 3. The maximum absolute atomic E-state index is 13.6. The molecule has 1 aliphatic heterocycles. The number of rotatable bonds is 3. The minimum absolute atomic E-state index is 0.0409. The highest BCUT2D eigenvalue weighted by atomic mass is 35.5. The quantitative estimate of drug-likeness (QED) is 0.589. The number of fused-ring (bicyclic) bond motifs is 1. The molecule has 0 bridgehead atoms. The van der Waals surface area contributed by atoms with Crippen molar-refractivity contribution in [2.45, 2.75) is 45.9 Å². The highest BCUT2D eigenvalue weighted by Gasteiger charge is 2.25. The SMILES string of the molecule is CC(C)NC(=O)c1ccc(C#Cc2nn(-c3ccc(F)c(Cl)c3)c3c2CO[C@@H](C)C3)cc1. The number of nitrogens with one attached hydrogen (secondary N) is 1. The molecule has 2 aromatic carbocycles. The first-order valence-electron chi connectivity index (χ1n) is 10.4. The van der Waals surface area contributed by atoms with Crippen LogP contribution in [-0.2, 0) is 17.8 Å².